The molecule has 8 rings (SSSR count). The molecule has 0 spiro atoms. The molecule has 2 fully saturated rings. The van der Waals surface area contributed by atoms with Gasteiger partial charge in [-0.05, 0) is 80.8 Å². The highest BCUT2D eigenvalue weighted by Crippen LogP contribution is 2.39. The van der Waals surface area contributed by atoms with Crippen molar-refractivity contribution >= 4 is 29.9 Å². The fourth-order valence-electron chi connectivity index (χ4n) is 8.07. The van der Waals surface area contributed by atoms with E-state index in [2.05, 4.69) is 70.5 Å². The number of nitrogens with one attached hydrogen (secondary N) is 2. The molecule has 3 aliphatic rings. The molecule has 2 amide bonds. The number of carbonyl (C=O) groups excluding carboxylic acids is 1. The molecule has 1 aliphatic carbocycles. The summed E-state index contributed by atoms with van der Waals surface area (Å²) in [6.07, 6.45) is 7.89. The van der Waals surface area contributed by atoms with E-state index in [9.17, 15) is 4.79 Å². The Morgan fingerprint density at radius 1 is 0.932 bits per heavy atom. The number of fused-ring (bicyclic) bond motifs is 2. The molecule has 0 bridgehead atoms. The van der Waals surface area contributed by atoms with Gasteiger partial charge in [-0.2, -0.15) is 5.10 Å². The minimum Gasteiger partial charge on any atom is -0.492 e. The van der Waals surface area contributed by atoms with Gasteiger partial charge in [0.2, 0.25) is 5.95 Å². The first kappa shape index (κ1) is 41.5. The topological polar surface area (TPSA) is 161 Å². The zero-order valence-electron chi connectivity index (χ0n) is 34.5. The average molecular weight is 808 g/mol. The van der Waals surface area contributed by atoms with Crippen molar-refractivity contribution in [2.45, 2.75) is 89.8 Å². The summed E-state index contributed by atoms with van der Waals surface area (Å²) in [5.74, 6) is 2.97. The monoisotopic (exact) mass is 807 g/mol. The Kier molecular flexibility index (Phi) is 13.3. The molecular formula is C44H57N9O6. The van der Waals surface area contributed by atoms with E-state index in [0.29, 0.717) is 18.5 Å². The molecule has 2 aromatic carbocycles. The molecule has 314 valence electrons. The molecule has 15 heteroatoms. The second kappa shape index (κ2) is 18.9. The number of ether oxygens (including phenoxy) is 3. The maximum absolute atomic E-state index is 13.8. The summed E-state index contributed by atoms with van der Waals surface area (Å²) >= 11 is 0. The maximum atomic E-state index is 13.8. The number of urea groups is 1. The first-order chi connectivity index (χ1) is 28.6. The number of anilines is 2. The number of piperidine rings is 1. The van der Waals surface area contributed by atoms with Crippen LogP contribution in [0.25, 0.3) is 11.3 Å². The zero-order valence-corrected chi connectivity index (χ0v) is 34.5. The van der Waals surface area contributed by atoms with Crippen LogP contribution in [0.5, 0.6) is 11.5 Å². The number of hydrogen-bond donors (Lipinski definition) is 3. The summed E-state index contributed by atoms with van der Waals surface area (Å²) in [4.78, 5) is 26.9. The molecule has 0 radical (unpaired) electrons. The second-order valence-corrected chi connectivity index (χ2v) is 16.4. The Balaban J connectivity index is 0.00000171. The molecule has 3 atom stereocenters. The van der Waals surface area contributed by atoms with E-state index in [1.54, 1.807) is 4.68 Å². The Labute approximate surface area is 345 Å². The van der Waals surface area contributed by atoms with Crippen molar-refractivity contribution in [2.24, 2.45) is 0 Å². The number of nitrogens with zero attached hydrogens (tertiary/aromatic N) is 7. The Hall–Kier alpha value is -5.67. The lowest BCUT2D eigenvalue weighted by Crippen LogP contribution is -2.38. The van der Waals surface area contributed by atoms with Crippen LogP contribution in [0.4, 0.5) is 16.6 Å². The predicted molar refractivity (Wildman–Crippen MR) is 226 cm³/mol. The summed E-state index contributed by atoms with van der Waals surface area (Å²) in [7, 11) is 0. The quantitative estimate of drug-likeness (QED) is 0.123. The van der Waals surface area contributed by atoms with Gasteiger partial charge in [0.15, 0.2) is 5.65 Å². The van der Waals surface area contributed by atoms with E-state index in [4.69, 9.17) is 29.2 Å². The first-order valence-electron chi connectivity index (χ1n) is 20.8. The van der Waals surface area contributed by atoms with Gasteiger partial charge < -0.3 is 29.5 Å². The summed E-state index contributed by atoms with van der Waals surface area (Å²) in [6.45, 7) is 14.3. The van der Waals surface area contributed by atoms with E-state index in [1.165, 1.54) is 6.42 Å². The average Bonchev–Trinajstić information content (AvgIpc) is 3.75. The van der Waals surface area contributed by atoms with Gasteiger partial charge in [-0.15, -0.1) is 10.2 Å². The van der Waals surface area contributed by atoms with Gasteiger partial charge in [-0.1, -0.05) is 51.1 Å². The second-order valence-electron chi connectivity index (χ2n) is 16.4. The van der Waals surface area contributed by atoms with E-state index >= 15 is 0 Å². The van der Waals surface area contributed by atoms with Gasteiger partial charge in [0.25, 0.3) is 6.47 Å². The number of carboxylic acid groups (broad SMARTS) is 1. The maximum Gasteiger partial charge on any atom is 0.320 e. The number of rotatable bonds is 10. The molecule has 59 heavy (non-hydrogen) atoms. The number of benzene rings is 2. The number of pyridine rings is 1. The zero-order chi connectivity index (χ0) is 41.4. The summed E-state index contributed by atoms with van der Waals surface area (Å²) < 4.78 is 22.3. The molecule has 15 nitrogen and oxygen atoms in total. The Morgan fingerprint density at radius 3 is 2.58 bits per heavy atom. The van der Waals surface area contributed by atoms with Crippen LogP contribution < -0.4 is 25.0 Å². The summed E-state index contributed by atoms with van der Waals surface area (Å²) in [6, 6.07) is 21.9. The van der Waals surface area contributed by atoms with Gasteiger partial charge in [0.05, 0.1) is 30.2 Å². The lowest BCUT2D eigenvalue weighted by atomic mass is 9.85. The van der Waals surface area contributed by atoms with Crippen molar-refractivity contribution in [1.29, 1.82) is 0 Å². The van der Waals surface area contributed by atoms with Gasteiger partial charge in [0.1, 0.15) is 30.0 Å². The highest BCUT2D eigenvalue weighted by Gasteiger charge is 2.31. The smallest absolute Gasteiger partial charge is 0.320 e. The van der Waals surface area contributed by atoms with Crippen LogP contribution in [0.3, 0.4) is 0 Å². The molecule has 0 saturated carbocycles. The highest BCUT2D eigenvalue weighted by atomic mass is 16.5. The third kappa shape index (κ3) is 10.1. The summed E-state index contributed by atoms with van der Waals surface area (Å²) in [5, 5.41) is 27.2. The first-order valence-corrected chi connectivity index (χ1v) is 20.8. The Bertz CT molecular complexity index is 2170. The molecule has 5 heterocycles. The van der Waals surface area contributed by atoms with Gasteiger partial charge in [0, 0.05) is 56.4 Å². The number of carbonyl (C=O) groups is 2. The lowest BCUT2D eigenvalue weighted by Gasteiger charge is -2.33. The fraction of sp³-hybridized carbons (Fsp3) is 0.477. The van der Waals surface area contributed by atoms with Crippen LogP contribution in [0.15, 0.2) is 72.9 Å². The van der Waals surface area contributed by atoms with Crippen molar-refractivity contribution in [2.75, 3.05) is 56.2 Å². The van der Waals surface area contributed by atoms with Gasteiger partial charge in [-0.25, -0.2) is 9.48 Å². The van der Waals surface area contributed by atoms with E-state index in [-0.39, 0.29) is 30.1 Å². The Morgan fingerprint density at radius 2 is 1.76 bits per heavy atom. The number of amides is 2. The molecule has 2 saturated heterocycles. The normalized spacial score (nSPS) is 19.8. The van der Waals surface area contributed by atoms with E-state index < -0.39 is 0 Å². The van der Waals surface area contributed by atoms with Crippen molar-refractivity contribution in [3.63, 3.8) is 0 Å². The fourth-order valence-corrected chi connectivity index (χ4v) is 8.07. The molecule has 5 aromatic rings. The van der Waals surface area contributed by atoms with Crippen LogP contribution in [0, 0.1) is 0 Å². The largest absolute Gasteiger partial charge is 0.492 e. The van der Waals surface area contributed by atoms with E-state index in [1.807, 2.05) is 65.2 Å². The van der Waals surface area contributed by atoms with Crippen LogP contribution in [0.1, 0.15) is 95.2 Å². The van der Waals surface area contributed by atoms with Crippen LogP contribution in [-0.2, 0) is 14.9 Å². The molecule has 3 aromatic heterocycles. The molecule has 3 N–H and O–H groups in total. The molecule has 0 unspecified atom stereocenters. The van der Waals surface area contributed by atoms with Crippen LogP contribution >= 0.6 is 0 Å². The molecular weight excluding hydrogens is 751 g/mol. The SMILES string of the molecule is C[C@H]1CCCCN1c1nnc2ccc(O[C@@H]3CC[C@H](NC(=O)Nc4cc(C(C)(C)C)nn4-c4cccc(OCCN5CCCOCC5)c4)c4ccccc43)cn12.O=CO. The summed E-state index contributed by atoms with van der Waals surface area (Å²) in [5.41, 5.74) is 4.37. The lowest BCUT2D eigenvalue weighted by molar-refractivity contribution is -0.122. The standard InChI is InChI=1S/C43H55N9O4.CH2O2/c1-30-11-7-8-21-50(30)42-47-46-39-19-16-33(29-51(39)42)56-37-18-17-36(34-14-5-6-15-35(34)37)44-41(53)45-40-28-38(43(2,3)4)48-52(40)31-12-9-13-32(27-31)55-26-23-49-20-10-24-54-25-22-49;2-1-3/h5-6,9,12-16,19,27-30,36-37H,7-8,10-11,17-18,20-26H2,1-4H3,(H2,44,45,53);1H,(H,2,3)/t30-,36-,37+;/m0./s1. The minimum atomic E-state index is -0.294. The third-order valence-corrected chi connectivity index (χ3v) is 11.2. The third-order valence-electron chi connectivity index (χ3n) is 11.2. The number of hydrogen-bond acceptors (Lipinski definition) is 10. The van der Waals surface area contributed by atoms with Crippen molar-refractivity contribution in [3.8, 4) is 17.2 Å². The predicted octanol–water partition coefficient (Wildman–Crippen LogP) is 7.17. The van der Waals surface area contributed by atoms with Crippen molar-refractivity contribution < 1.29 is 28.9 Å². The number of aromatic nitrogens is 5. The van der Waals surface area contributed by atoms with Crippen LogP contribution in [0.2, 0.25) is 0 Å². The highest BCUT2D eigenvalue weighted by molar-refractivity contribution is 5.89. The molecule has 2 aliphatic heterocycles. The van der Waals surface area contributed by atoms with Gasteiger partial charge >= 0.3 is 6.03 Å². The van der Waals surface area contributed by atoms with E-state index in [0.717, 1.165) is 117 Å². The van der Waals surface area contributed by atoms with Crippen molar-refractivity contribution in [3.05, 3.63) is 89.7 Å². The van der Waals surface area contributed by atoms with Crippen molar-refractivity contribution in [1.82, 2.24) is 34.6 Å². The van der Waals surface area contributed by atoms with Gasteiger partial charge in [-0.3, -0.25) is 19.4 Å². The van der Waals surface area contributed by atoms with Crippen LogP contribution in [-0.4, -0.2) is 98.9 Å². The minimum absolute atomic E-state index is 0.165.